The average molecular weight is 354 g/mol. The molecule has 24 heavy (non-hydrogen) atoms. The fourth-order valence-electron chi connectivity index (χ4n) is 2.00. The number of hydrogen-bond acceptors (Lipinski definition) is 5. The van der Waals surface area contributed by atoms with E-state index in [-0.39, 0.29) is 16.3 Å². The number of hydrazone groups is 1. The summed E-state index contributed by atoms with van der Waals surface area (Å²) in [7, 11) is 1.10. The van der Waals surface area contributed by atoms with Crippen molar-refractivity contribution in [2.75, 3.05) is 7.11 Å². The van der Waals surface area contributed by atoms with Crippen LogP contribution in [0.2, 0.25) is 0 Å². The summed E-state index contributed by atoms with van der Waals surface area (Å²) in [5.74, 6) is -1.98. The van der Waals surface area contributed by atoms with Gasteiger partial charge in [-0.05, 0) is 18.2 Å². The van der Waals surface area contributed by atoms with E-state index in [1.165, 1.54) is 0 Å². The summed E-state index contributed by atoms with van der Waals surface area (Å²) in [6.45, 7) is -3.15. The molecule has 0 bridgehead atoms. The van der Waals surface area contributed by atoms with Gasteiger partial charge in [0, 0.05) is 18.2 Å². The van der Waals surface area contributed by atoms with Crippen molar-refractivity contribution in [3.05, 3.63) is 23.8 Å². The molecular weight excluding hydrogens is 343 g/mol. The van der Waals surface area contributed by atoms with E-state index in [0.717, 1.165) is 31.5 Å². The van der Waals surface area contributed by atoms with E-state index in [9.17, 15) is 31.9 Å². The zero-order valence-corrected chi connectivity index (χ0v) is 12.1. The predicted octanol–water partition coefficient (Wildman–Crippen LogP) is 2.38. The Morgan fingerprint density at radius 2 is 2.04 bits per heavy atom. The number of alkyl halides is 5. The Bertz CT molecular complexity index is 664. The topological polar surface area (TPSA) is 71.4 Å². The van der Waals surface area contributed by atoms with E-state index in [4.69, 9.17) is 4.74 Å². The van der Waals surface area contributed by atoms with Gasteiger partial charge in [0.05, 0.1) is 7.11 Å². The third kappa shape index (κ3) is 3.11. The third-order valence-corrected chi connectivity index (χ3v) is 3.20. The van der Waals surface area contributed by atoms with E-state index < -0.39 is 36.6 Å². The van der Waals surface area contributed by atoms with Crippen molar-refractivity contribution < 1.29 is 41.3 Å². The maximum absolute atomic E-state index is 13.0. The first-order valence-electron chi connectivity index (χ1n) is 6.39. The molecule has 2 rings (SSSR count). The second kappa shape index (κ2) is 6.23. The van der Waals surface area contributed by atoms with Crippen LogP contribution in [0.4, 0.5) is 22.0 Å². The highest BCUT2D eigenvalue weighted by molar-refractivity contribution is 5.96. The zero-order chi connectivity index (χ0) is 18.1. The predicted molar refractivity (Wildman–Crippen MR) is 69.9 cm³/mol. The Morgan fingerprint density at radius 1 is 1.38 bits per heavy atom. The summed E-state index contributed by atoms with van der Waals surface area (Å²) in [4.78, 5) is 12.2. The van der Waals surface area contributed by atoms with Crippen molar-refractivity contribution in [1.29, 1.82) is 0 Å². The molecule has 0 unspecified atom stereocenters. The van der Waals surface area contributed by atoms with Crippen LogP contribution in [0.3, 0.4) is 0 Å². The maximum atomic E-state index is 13.0. The van der Waals surface area contributed by atoms with Crippen molar-refractivity contribution >= 4 is 12.1 Å². The lowest BCUT2D eigenvalue weighted by Gasteiger charge is -2.32. The quantitative estimate of drug-likeness (QED) is 0.843. The molecule has 1 N–H and O–H groups in total. The molecular formula is C13H11F5N2O4. The van der Waals surface area contributed by atoms with Crippen LogP contribution in [0.25, 0.3) is 0 Å². The lowest BCUT2D eigenvalue weighted by atomic mass is 10.1. The summed E-state index contributed by atoms with van der Waals surface area (Å²) < 4.78 is 72.3. The van der Waals surface area contributed by atoms with Crippen molar-refractivity contribution in [1.82, 2.24) is 5.01 Å². The fraction of sp³-hybridized carbons (Fsp3) is 0.385. The van der Waals surface area contributed by atoms with Crippen LogP contribution in [0.5, 0.6) is 11.5 Å². The lowest BCUT2D eigenvalue weighted by Crippen LogP contribution is -2.56. The summed E-state index contributed by atoms with van der Waals surface area (Å²) in [5, 5.41) is 12.9. The molecule has 0 saturated heterocycles. The Balaban J connectivity index is 2.34. The van der Waals surface area contributed by atoms with Crippen LogP contribution < -0.4 is 9.47 Å². The van der Waals surface area contributed by atoms with Gasteiger partial charge in [-0.1, -0.05) is 0 Å². The zero-order valence-electron chi connectivity index (χ0n) is 12.1. The van der Waals surface area contributed by atoms with E-state index in [1.807, 2.05) is 0 Å². The minimum Gasteiger partial charge on any atom is -0.493 e. The van der Waals surface area contributed by atoms with Gasteiger partial charge < -0.3 is 14.6 Å². The highest BCUT2D eigenvalue weighted by atomic mass is 19.4. The van der Waals surface area contributed by atoms with Crippen molar-refractivity contribution in [2.24, 2.45) is 5.10 Å². The Labute approximate surface area is 132 Å². The number of amides is 1. The normalized spacial score (nSPS) is 20.6. The molecule has 1 amide bonds. The molecule has 132 valence electrons. The smallest absolute Gasteiger partial charge is 0.438 e. The summed E-state index contributed by atoms with van der Waals surface area (Å²) >= 11 is 0. The molecule has 0 radical (unpaired) electrons. The molecule has 0 fully saturated rings. The first-order valence-corrected chi connectivity index (χ1v) is 6.39. The monoisotopic (exact) mass is 354 g/mol. The van der Waals surface area contributed by atoms with Gasteiger partial charge >= 0.3 is 12.8 Å². The summed E-state index contributed by atoms with van der Waals surface area (Å²) in [5.41, 5.74) is -3.84. The van der Waals surface area contributed by atoms with Crippen LogP contribution >= 0.6 is 0 Å². The first-order chi connectivity index (χ1) is 11.1. The average Bonchev–Trinajstić information content (AvgIpc) is 2.89. The van der Waals surface area contributed by atoms with Crippen LogP contribution in [-0.2, 0) is 0 Å². The van der Waals surface area contributed by atoms with Crippen molar-refractivity contribution in [2.45, 2.75) is 24.9 Å². The molecule has 1 aromatic carbocycles. The molecule has 0 aliphatic carbocycles. The molecule has 1 aliphatic rings. The first kappa shape index (κ1) is 17.9. The van der Waals surface area contributed by atoms with Gasteiger partial charge in [0.1, 0.15) is 0 Å². The lowest BCUT2D eigenvalue weighted by molar-refractivity contribution is -0.297. The number of hydrogen-bond donors (Lipinski definition) is 1. The Kier molecular flexibility index (Phi) is 4.65. The minimum absolute atomic E-state index is 0.116. The van der Waals surface area contributed by atoms with E-state index in [1.54, 1.807) is 0 Å². The molecule has 11 heteroatoms. The van der Waals surface area contributed by atoms with Crippen LogP contribution in [0, 0.1) is 0 Å². The third-order valence-electron chi connectivity index (χ3n) is 3.20. The number of rotatable bonds is 4. The van der Waals surface area contributed by atoms with Gasteiger partial charge in [0.25, 0.3) is 11.6 Å². The van der Waals surface area contributed by atoms with Crippen LogP contribution in [-0.4, -0.2) is 47.9 Å². The molecule has 6 nitrogen and oxygen atoms in total. The minimum atomic E-state index is -5.14. The van der Waals surface area contributed by atoms with E-state index >= 15 is 0 Å². The van der Waals surface area contributed by atoms with E-state index in [2.05, 4.69) is 9.84 Å². The van der Waals surface area contributed by atoms with Gasteiger partial charge in [-0.15, -0.1) is 0 Å². The number of carbonyl (C=O) groups excluding carboxylic acids is 1. The van der Waals surface area contributed by atoms with Crippen LogP contribution in [0.1, 0.15) is 16.8 Å². The molecule has 0 saturated carbocycles. The van der Waals surface area contributed by atoms with Gasteiger partial charge in [-0.3, -0.25) is 4.79 Å². The SMILES string of the molecule is COc1cc(C(=O)N2N=CC[C@]2(O)C(F)(F)F)ccc1OC(F)F. The second-order valence-corrected chi connectivity index (χ2v) is 4.68. The largest absolute Gasteiger partial charge is 0.493 e. The van der Waals surface area contributed by atoms with Crippen molar-refractivity contribution in [3.8, 4) is 11.5 Å². The van der Waals surface area contributed by atoms with Crippen LogP contribution in [0.15, 0.2) is 23.3 Å². The van der Waals surface area contributed by atoms with E-state index in [0.29, 0.717) is 0 Å². The van der Waals surface area contributed by atoms with Gasteiger partial charge in [-0.25, -0.2) is 0 Å². The second-order valence-electron chi connectivity index (χ2n) is 4.68. The molecule has 1 atom stereocenters. The van der Waals surface area contributed by atoms with Gasteiger partial charge in [0.2, 0.25) is 0 Å². The molecule has 0 aromatic heterocycles. The number of halogens is 5. The molecule has 1 aliphatic heterocycles. The Morgan fingerprint density at radius 3 is 2.58 bits per heavy atom. The highest BCUT2D eigenvalue weighted by Gasteiger charge is 2.61. The number of aliphatic hydroxyl groups is 1. The number of ether oxygens (including phenoxy) is 2. The van der Waals surface area contributed by atoms with Gasteiger partial charge in [0.15, 0.2) is 11.5 Å². The molecule has 0 spiro atoms. The van der Waals surface area contributed by atoms with Crippen molar-refractivity contribution in [3.63, 3.8) is 0 Å². The maximum Gasteiger partial charge on any atom is 0.438 e. The fourth-order valence-corrected chi connectivity index (χ4v) is 2.00. The number of benzene rings is 1. The number of nitrogens with zero attached hydrogens (tertiary/aromatic N) is 2. The van der Waals surface area contributed by atoms with Gasteiger partial charge in [-0.2, -0.15) is 32.1 Å². The molecule has 1 heterocycles. The Hall–Kier alpha value is -2.43. The summed E-state index contributed by atoms with van der Waals surface area (Å²) in [6, 6.07) is 2.79. The summed E-state index contributed by atoms with van der Waals surface area (Å²) in [6.07, 6.45) is -5.31. The standard InChI is InChI=1S/C13H11F5N2O4/c1-23-9-6-7(2-3-8(9)24-11(14)15)10(21)20-12(22,4-5-19-20)13(16,17)18/h2-3,5-6,11,22H,4H2,1H3/t12-/m0/s1. The number of methoxy groups -OCH3 is 1. The molecule has 1 aromatic rings. The highest BCUT2D eigenvalue weighted by Crippen LogP contribution is 2.40. The number of carbonyl (C=O) groups is 1.